The summed E-state index contributed by atoms with van der Waals surface area (Å²) in [5, 5.41) is 1.34. The first-order valence-electron chi connectivity index (χ1n) is 4.55. The van der Waals surface area contributed by atoms with Crippen molar-refractivity contribution in [3.63, 3.8) is 0 Å². The summed E-state index contributed by atoms with van der Waals surface area (Å²) in [6, 6.07) is 8.40. The molecule has 0 saturated carbocycles. The van der Waals surface area contributed by atoms with Gasteiger partial charge in [0.1, 0.15) is 0 Å². The Kier molecular flexibility index (Phi) is 3.93. The van der Waals surface area contributed by atoms with Gasteiger partial charge in [0.2, 0.25) is 0 Å². The van der Waals surface area contributed by atoms with Crippen LogP contribution in [0.1, 0.15) is 19.4 Å². The van der Waals surface area contributed by atoms with Crippen molar-refractivity contribution in [1.82, 2.24) is 0 Å². The quantitative estimate of drug-likeness (QED) is 0.656. The van der Waals surface area contributed by atoms with Gasteiger partial charge in [-0.25, -0.2) is 0 Å². The van der Waals surface area contributed by atoms with Crippen molar-refractivity contribution < 1.29 is 4.43 Å². The summed E-state index contributed by atoms with van der Waals surface area (Å²) in [4.78, 5) is 0. The topological polar surface area (TPSA) is 9.23 Å². The van der Waals surface area contributed by atoms with Gasteiger partial charge in [0, 0.05) is 6.10 Å². The molecule has 1 aromatic carbocycles. The lowest BCUT2D eigenvalue weighted by Gasteiger charge is -2.07. The summed E-state index contributed by atoms with van der Waals surface area (Å²) in [5.74, 6) is 0. The van der Waals surface area contributed by atoms with E-state index in [9.17, 15) is 0 Å². The van der Waals surface area contributed by atoms with Crippen LogP contribution in [0.15, 0.2) is 30.8 Å². The number of hydrogen-bond acceptors (Lipinski definition) is 1. The molecule has 0 aromatic heterocycles. The lowest BCUT2D eigenvalue weighted by Crippen LogP contribution is -2.20. The summed E-state index contributed by atoms with van der Waals surface area (Å²) in [5.41, 5.74) is 1.18. The van der Waals surface area contributed by atoms with Crippen LogP contribution < -0.4 is 5.19 Å². The second kappa shape index (κ2) is 4.99. The normalized spacial score (nSPS) is 11.3. The zero-order valence-electron chi connectivity index (χ0n) is 8.29. The Labute approximate surface area is 82.4 Å². The maximum absolute atomic E-state index is 5.63. The molecule has 0 bridgehead atoms. The summed E-state index contributed by atoms with van der Waals surface area (Å²) in [6.45, 7) is 7.89. The highest BCUT2D eigenvalue weighted by molar-refractivity contribution is 6.47. The van der Waals surface area contributed by atoms with Crippen LogP contribution in [0.5, 0.6) is 0 Å². The number of hydrogen-bond donors (Lipinski definition) is 0. The Morgan fingerprint density at radius 2 is 2.23 bits per heavy atom. The minimum absolute atomic E-state index is 0.346. The minimum atomic E-state index is -0.537. The fraction of sp³-hybridized carbons (Fsp3) is 0.273. The average Bonchev–Trinajstić information content (AvgIpc) is 2.15. The van der Waals surface area contributed by atoms with Crippen LogP contribution in [0.25, 0.3) is 6.08 Å². The van der Waals surface area contributed by atoms with E-state index in [1.807, 2.05) is 6.08 Å². The molecule has 1 nitrogen and oxygen atoms in total. The third-order valence-electron chi connectivity index (χ3n) is 1.77. The first-order chi connectivity index (χ1) is 6.22. The summed E-state index contributed by atoms with van der Waals surface area (Å²) < 4.78 is 5.63. The van der Waals surface area contributed by atoms with Crippen LogP contribution in [-0.4, -0.2) is 15.9 Å². The van der Waals surface area contributed by atoms with Crippen molar-refractivity contribution in [2.24, 2.45) is 0 Å². The molecule has 0 atom stereocenters. The molecule has 0 aliphatic heterocycles. The number of rotatable bonds is 4. The van der Waals surface area contributed by atoms with Gasteiger partial charge in [0.05, 0.1) is 0 Å². The van der Waals surface area contributed by atoms with Gasteiger partial charge in [-0.1, -0.05) is 36.9 Å². The van der Waals surface area contributed by atoms with Crippen LogP contribution in [0.4, 0.5) is 0 Å². The first-order valence-corrected chi connectivity index (χ1v) is 5.84. The van der Waals surface area contributed by atoms with Crippen LogP contribution >= 0.6 is 0 Å². The van der Waals surface area contributed by atoms with E-state index in [1.165, 1.54) is 10.8 Å². The van der Waals surface area contributed by atoms with E-state index >= 15 is 0 Å². The highest BCUT2D eigenvalue weighted by Crippen LogP contribution is 1.97. The van der Waals surface area contributed by atoms with E-state index in [1.54, 1.807) is 0 Å². The van der Waals surface area contributed by atoms with Crippen molar-refractivity contribution in [3.05, 3.63) is 36.4 Å². The van der Waals surface area contributed by atoms with Gasteiger partial charge in [-0.3, -0.25) is 0 Å². The molecular weight excluding hydrogens is 176 g/mol. The highest BCUT2D eigenvalue weighted by atomic mass is 28.2. The second-order valence-electron chi connectivity index (χ2n) is 3.31. The zero-order valence-corrected chi connectivity index (χ0v) is 9.70. The maximum atomic E-state index is 5.63. The molecule has 0 unspecified atom stereocenters. The molecule has 13 heavy (non-hydrogen) atoms. The predicted octanol–water partition coefficient (Wildman–Crippen LogP) is 1.46. The molecule has 0 aliphatic carbocycles. The summed E-state index contributed by atoms with van der Waals surface area (Å²) in [6.07, 6.45) is 2.21. The molecule has 1 aromatic rings. The standard InChI is InChI=1S/C11H16OSi/c1-4-10-6-5-7-11(8-10)13-12-9(2)3/h4-9H,1,13H2,2-3H3. The Morgan fingerprint density at radius 3 is 2.85 bits per heavy atom. The summed E-state index contributed by atoms with van der Waals surface area (Å²) in [7, 11) is -0.537. The fourth-order valence-electron chi connectivity index (χ4n) is 1.07. The lowest BCUT2D eigenvalue weighted by molar-refractivity contribution is 0.260. The van der Waals surface area contributed by atoms with Crippen molar-refractivity contribution in [2.75, 3.05) is 0 Å². The fourth-order valence-corrected chi connectivity index (χ4v) is 2.15. The summed E-state index contributed by atoms with van der Waals surface area (Å²) >= 11 is 0. The molecule has 70 valence electrons. The molecular formula is C11H16OSi. The molecule has 0 N–H and O–H groups in total. The van der Waals surface area contributed by atoms with Crippen LogP contribution in [0.2, 0.25) is 0 Å². The molecule has 0 saturated heterocycles. The molecule has 2 heteroatoms. The van der Waals surface area contributed by atoms with E-state index in [4.69, 9.17) is 4.43 Å². The molecule has 1 rings (SSSR count). The molecule has 0 spiro atoms. The van der Waals surface area contributed by atoms with Crippen LogP contribution in [-0.2, 0) is 4.43 Å². The van der Waals surface area contributed by atoms with E-state index in [0.717, 1.165) is 0 Å². The largest absolute Gasteiger partial charge is 0.416 e. The van der Waals surface area contributed by atoms with Gasteiger partial charge in [-0.2, -0.15) is 0 Å². The van der Waals surface area contributed by atoms with E-state index < -0.39 is 9.76 Å². The zero-order chi connectivity index (χ0) is 9.68. The lowest BCUT2D eigenvalue weighted by atomic mass is 10.2. The van der Waals surface area contributed by atoms with Crippen molar-refractivity contribution in [1.29, 1.82) is 0 Å². The Morgan fingerprint density at radius 1 is 1.46 bits per heavy atom. The van der Waals surface area contributed by atoms with Crippen molar-refractivity contribution in [3.8, 4) is 0 Å². The SMILES string of the molecule is C=Cc1cccc([SiH2]OC(C)C)c1. The van der Waals surface area contributed by atoms with Crippen LogP contribution in [0, 0.1) is 0 Å². The molecule has 0 aliphatic rings. The predicted molar refractivity (Wildman–Crippen MR) is 60.9 cm³/mol. The van der Waals surface area contributed by atoms with Crippen LogP contribution in [0.3, 0.4) is 0 Å². The molecule has 0 amide bonds. The van der Waals surface area contributed by atoms with Gasteiger partial charge in [-0.15, -0.1) is 0 Å². The Balaban J connectivity index is 2.61. The van der Waals surface area contributed by atoms with Gasteiger partial charge >= 0.3 is 0 Å². The van der Waals surface area contributed by atoms with E-state index in [2.05, 4.69) is 44.7 Å². The minimum Gasteiger partial charge on any atom is -0.416 e. The maximum Gasteiger partial charge on any atom is 0.192 e. The van der Waals surface area contributed by atoms with Crippen molar-refractivity contribution >= 4 is 21.0 Å². The molecule has 0 fully saturated rings. The molecule has 0 heterocycles. The third kappa shape index (κ3) is 3.57. The van der Waals surface area contributed by atoms with Crippen molar-refractivity contribution in [2.45, 2.75) is 20.0 Å². The van der Waals surface area contributed by atoms with E-state index in [-0.39, 0.29) is 0 Å². The number of benzene rings is 1. The van der Waals surface area contributed by atoms with E-state index in [0.29, 0.717) is 6.10 Å². The van der Waals surface area contributed by atoms with Gasteiger partial charge in [-0.05, 0) is 24.6 Å². The molecule has 0 radical (unpaired) electrons. The smallest absolute Gasteiger partial charge is 0.192 e. The van der Waals surface area contributed by atoms with Gasteiger partial charge in [0.25, 0.3) is 0 Å². The first kappa shape index (κ1) is 10.2. The average molecular weight is 192 g/mol. The second-order valence-corrected chi connectivity index (χ2v) is 4.75. The Bertz CT molecular complexity index is 281. The highest BCUT2D eigenvalue weighted by Gasteiger charge is 1.97. The monoisotopic (exact) mass is 192 g/mol. The van der Waals surface area contributed by atoms with Gasteiger partial charge < -0.3 is 4.43 Å². The third-order valence-corrected chi connectivity index (χ3v) is 3.38. The van der Waals surface area contributed by atoms with Gasteiger partial charge in [0.15, 0.2) is 9.76 Å². The Hall–Kier alpha value is -0.863.